The van der Waals surface area contributed by atoms with Crippen molar-refractivity contribution in [3.05, 3.63) is 54.0 Å². The highest BCUT2D eigenvalue weighted by molar-refractivity contribution is 5.98. The molecule has 2 amide bonds. The first-order chi connectivity index (χ1) is 13.7. The molecule has 1 saturated carbocycles. The molecule has 2 aliphatic rings. The van der Waals surface area contributed by atoms with Crippen LogP contribution in [0.1, 0.15) is 52.9 Å². The van der Waals surface area contributed by atoms with Gasteiger partial charge in [0.25, 0.3) is 0 Å². The van der Waals surface area contributed by atoms with Crippen molar-refractivity contribution in [1.82, 2.24) is 10.6 Å². The number of carbonyl (C=O) groups excluding carboxylic acids is 2. The Bertz CT molecular complexity index is 818. The molecule has 0 radical (unpaired) electrons. The molecule has 1 aromatic rings. The minimum atomic E-state index is -0.584. The van der Waals surface area contributed by atoms with E-state index < -0.39 is 5.41 Å². The number of anilines is 1. The van der Waals surface area contributed by atoms with Crippen LogP contribution < -0.4 is 16.0 Å². The Hall–Kier alpha value is -2.63. The predicted molar refractivity (Wildman–Crippen MR) is 112 cm³/mol. The molecule has 1 unspecified atom stereocenters. The third-order valence-corrected chi connectivity index (χ3v) is 5.60. The van der Waals surface area contributed by atoms with Gasteiger partial charge in [0.15, 0.2) is 0 Å². The van der Waals surface area contributed by atoms with Crippen LogP contribution in [0, 0.1) is 16.6 Å². The largest absolute Gasteiger partial charge is 0.368 e. The van der Waals surface area contributed by atoms with Crippen molar-refractivity contribution in [3.8, 4) is 0 Å². The smallest absolute Gasteiger partial charge is 0.235 e. The molecular weight excluding hydrogens is 369 g/mol. The van der Waals surface area contributed by atoms with Gasteiger partial charge in [-0.1, -0.05) is 33.3 Å². The third kappa shape index (κ3) is 5.25. The van der Waals surface area contributed by atoms with E-state index in [1.807, 2.05) is 18.4 Å². The lowest BCUT2D eigenvalue weighted by atomic mass is 9.63. The number of halogens is 1. The van der Waals surface area contributed by atoms with Gasteiger partial charge in [-0.3, -0.25) is 9.59 Å². The molecule has 1 fully saturated rings. The zero-order valence-corrected chi connectivity index (χ0v) is 17.3. The Labute approximate surface area is 171 Å². The number of benzene rings is 1. The summed E-state index contributed by atoms with van der Waals surface area (Å²) in [5.74, 6) is -0.411. The lowest BCUT2D eigenvalue weighted by Gasteiger charge is -2.42. The van der Waals surface area contributed by atoms with Crippen LogP contribution in [-0.2, 0) is 9.59 Å². The number of hydrogen-bond donors (Lipinski definition) is 3. The summed E-state index contributed by atoms with van der Waals surface area (Å²) in [7, 11) is 0. The molecule has 3 rings (SSSR count). The second kappa shape index (κ2) is 8.39. The van der Waals surface area contributed by atoms with Crippen LogP contribution in [-0.4, -0.2) is 18.0 Å². The molecule has 3 N–H and O–H groups in total. The molecule has 0 saturated heterocycles. The molecule has 156 valence electrons. The maximum Gasteiger partial charge on any atom is 0.235 e. The fraction of sp³-hybridized carbons (Fsp3) is 0.478. The van der Waals surface area contributed by atoms with Gasteiger partial charge in [0.2, 0.25) is 11.8 Å². The minimum Gasteiger partial charge on any atom is -0.368 e. The summed E-state index contributed by atoms with van der Waals surface area (Å²) in [6.45, 7) is 6.34. The van der Waals surface area contributed by atoms with Crippen LogP contribution in [0.25, 0.3) is 0 Å². The lowest BCUT2D eigenvalue weighted by Crippen LogP contribution is -2.47. The predicted octanol–water partition coefficient (Wildman–Crippen LogP) is 4.25. The van der Waals surface area contributed by atoms with Gasteiger partial charge in [0.1, 0.15) is 12.0 Å². The van der Waals surface area contributed by atoms with Crippen LogP contribution in [0.4, 0.5) is 10.1 Å². The summed E-state index contributed by atoms with van der Waals surface area (Å²) in [4.78, 5) is 25.1. The molecule has 5 nitrogen and oxygen atoms in total. The van der Waals surface area contributed by atoms with Crippen LogP contribution >= 0.6 is 0 Å². The van der Waals surface area contributed by atoms with E-state index in [4.69, 9.17) is 0 Å². The summed E-state index contributed by atoms with van der Waals surface area (Å²) < 4.78 is 13.1. The Morgan fingerprint density at radius 2 is 1.90 bits per heavy atom. The first kappa shape index (κ1) is 21.1. The van der Waals surface area contributed by atoms with E-state index in [0.717, 1.165) is 31.3 Å². The molecule has 0 aromatic heterocycles. The average Bonchev–Trinajstić information content (AvgIpc) is 2.62. The van der Waals surface area contributed by atoms with Crippen molar-refractivity contribution in [2.24, 2.45) is 10.8 Å². The minimum absolute atomic E-state index is 0.00587. The van der Waals surface area contributed by atoms with Crippen molar-refractivity contribution in [1.29, 1.82) is 0 Å². The highest BCUT2D eigenvalue weighted by Gasteiger charge is 2.47. The number of carbonyl (C=O) groups is 2. The molecule has 0 bridgehead atoms. The van der Waals surface area contributed by atoms with Gasteiger partial charge in [0.05, 0.1) is 5.41 Å². The van der Waals surface area contributed by atoms with E-state index in [0.29, 0.717) is 12.1 Å². The fourth-order valence-corrected chi connectivity index (χ4v) is 3.57. The van der Waals surface area contributed by atoms with Gasteiger partial charge in [-0.15, -0.1) is 0 Å². The molecule has 1 atom stereocenters. The highest BCUT2D eigenvalue weighted by Crippen LogP contribution is 2.48. The topological polar surface area (TPSA) is 70.2 Å². The molecule has 1 aromatic carbocycles. The zero-order chi connectivity index (χ0) is 21.1. The van der Waals surface area contributed by atoms with E-state index >= 15 is 0 Å². The molecule has 0 spiro atoms. The van der Waals surface area contributed by atoms with Crippen LogP contribution in [0.3, 0.4) is 0 Å². The molecule has 29 heavy (non-hydrogen) atoms. The molecular formula is C23H30FN3O2. The monoisotopic (exact) mass is 399 g/mol. The molecule has 1 aliphatic heterocycles. The van der Waals surface area contributed by atoms with Crippen LogP contribution in [0.15, 0.2) is 48.2 Å². The van der Waals surface area contributed by atoms with E-state index in [1.165, 1.54) is 12.1 Å². The van der Waals surface area contributed by atoms with Crippen molar-refractivity contribution in [3.63, 3.8) is 0 Å². The third-order valence-electron chi connectivity index (χ3n) is 5.60. The summed E-state index contributed by atoms with van der Waals surface area (Å²) in [5, 5.41) is 9.05. The maximum absolute atomic E-state index is 13.1. The van der Waals surface area contributed by atoms with Gasteiger partial charge in [-0.2, -0.15) is 0 Å². The van der Waals surface area contributed by atoms with E-state index in [-0.39, 0.29) is 29.2 Å². The van der Waals surface area contributed by atoms with E-state index in [9.17, 15) is 14.0 Å². The molecule has 6 heteroatoms. The van der Waals surface area contributed by atoms with Gasteiger partial charge >= 0.3 is 0 Å². The number of hydrogen-bond acceptors (Lipinski definition) is 3. The Balaban J connectivity index is 1.58. The number of dihydropyridines is 1. The normalized spacial score (nSPS) is 20.1. The van der Waals surface area contributed by atoms with Gasteiger partial charge in [-0.25, -0.2) is 4.39 Å². The standard InChI is InChI=1S/C23H30FN3O2/c1-22(2,3)14-11-20(28)27-19-10-5-16(15-25-19)23(12-4-13-23)21(29)26-18-8-6-17(24)7-9-18/h5-10,15,19,25H,4,11-14H2,1-3H3,(H,26,29)(H,27,28). The maximum atomic E-state index is 13.1. The second-order valence-corrected chi connectivity index (χ2v) is 9.13. The van der Waals surface area contributed by atoms with Crippen LogP contribution in [0.5, 0.6) is 0 Å². The van der Waals surface area contributed by atoms with Crippen molar-refractivity contribution in [2.75, 3.05) is 5.32 Å². The number of rotatable bonds is 6. The summed E-state index contributed by atoms with van der Waals surface area (Å²) in [6, 6.07) is 5.78. The van der Waals surface area contributed by atoms with Gasteiger partial charge in [0, 0.05) is 18.3 Å². The SMILES string of the molecule is CC(C)(C)CCC(=O)NC1C=CC(C2(C(=O)Nc3ccc(F)cc3)CCC2)=CN1. The zero-order valence-electron chi connectivity index (χ0n) is 17.3. The Morgan fingerprint density at radius 1 is 1.21 bits per heavy atom. The average molecular weight is 400 g/mol. The summed E-state index contributed by atoms with van der Waals surface area (Å²) >= 11 is 0. The number of allylic oxidation sites excluding steroid dienone is 1. The second-order valence-electron chi connectivity index (χ2n) is 9.13. The number of amides is 2. The Morgan fingerprint density at radius 3 is 2.41 bits per heavy atom. The van der Waals surface area contributed by atoms with Crippen molar-refractivity contribution >= 4 is 17.5 Å². The number of nitrogens with one attached hydrogen (secondary N) is 3. The summed E-state index contributed by atoms with van der Waals surface area (Å²) in [6.07, 6.45) is 9.18. The molecule has 1 heterocycles. The van der Waals surface area contributed by atoms with Crippen LogP contribution in [0.2, 0.25) is 0 Å². The van der Waals surface area contributed by atoms with Gasteiger partial charge in [-0.05, 0) is 60.6 Å². The van der Waals surface area contributed by atoms with Crippen molar-refractivity contribution in [2.45, 2.75) is 59.0 Å². The highest BCUT2D eigenvalue weighted by atomic mass is 19.1. The lowest BCUT2D eigenvalue weighted by molar-refractivity contribution is -0.127. The fourth-order valence-electron chi connectivity index (χ4n) is 3.57. The molecule has 1 aliphatic carbocycles. The summed E-state index contributed by atoms with van der Waals surface area (Å²) in [5.41, 5.74) is 1.02. The van der Waals surface area contributed by atoms with Gasteiger partial charge < -0.3 is 16.0 Å². The first-order valence-electron chi connectivity index (χ1n) is 10.2. The van der Waals surface area contributed by atoms with E-state index in [2.05, 4.69) is 36.7 Å². The van der Waals surface area contributed by atoms with Crippen molar-refractivity contribution < 1.29 is 14.0 Å². The Kier molecular flexibility index (Phi) is 6.10. The quantitative estimate of drug-likeness (QED) is 0.670. The van der Waals surface area contributed by atoms with E-state index in [1.54, 1.807) is 12.1 Å². The first-order valence-corrected chi connectivity index (χ1v) is 10.2.